The lowest BCUT2D eigenvalue weighted by Gasteiger charge is -2.05. The second-order valence-corrected chi connectivity index (χ2v) is 3.58. The Labute approximate surface area is 95.5 Å². The molecule has 3 amide bonds. The van der Waals surface area contributed by atoms with Gasteiger partial charge in [-0.25, -0.2) is 0 Å². The van der Waals surface area contributed by atoms with Crippen LogP contribution in [-0.2, 0) is 9.59 Å². The van der Waals surface area contributed by atoms with E-state index in [9.17, 15) is 14.4 Å². The van der Waals surface area contributed by atoms with E-state index in [-0.39, 0.29) is 18.7 Å². The second kappa shape index (κ2) is 8.49. The van der Waals surface area contributed by atoms with Crippen LogP contribution in [0.25, 0.3) is 0 Å². The maximum atomic E-state index is 11.0. The largest absolute Gasteiger partial charge is 0.355 e. The Bertz CT molecular complexity index is 250. The van der Waals surface area contributed by atoms with Gasteiger partial charge in [-0.3, -0.25) is 25.2 Å². The zero-order valence-corrected chi connectivity index (χ0v) is 10.1. The summed E-state index contributed by atoms with van der Waals surface area (Å²) in [6, 6.07) is 0. The number of carbonyl (C=O) groups excluding carboxylic acids is 3. The molecule has 86 valence electrons. The number of hydrazine groups is 1. The molecule has 0 heterocycles. The first-order chi connectivity index (χ1) is 7.06. The van der Waals surface area contributed by atoms with Crippen molar-refractivity contribution < 1.29 is 14.4 Å². The standard InChI is InChI=1S/C7H14N3O3PS/c11-5(8-3-4-15)1-2-6(12)9-10-7(13)14/h15H,1-4,14H2,(H,8,11)(H,9,12)(H,10,13). The van der Waals surface area contributed by atoms with Crippen molar-refractivity contribution >= 4 is 39.3 Å². The Morgan fingerprint density at radius 1 is 1.07 bits per heavy atom. The number of hydrogen-bond acceptors (Lipinski definition) is 4. The first-order valence-corrected chi connectivity index (χ1v) is 5.49. The molecule has 0 aliphatic heterocycles. The van der Waals surface area contributed by atoms with Crippen molar-refractivity contribution in [2.75, 3.05) is 12.3 Å². The highest BCUT2D eigenvalue weighted by Crippen LogP contribution is 1.89. The van der Waals surface area contributed by atoms with E-state index in [2.05, 4.69) is 28.8 Å². The van der Waals surface area contributed by atoms with Crippen molar-refractivity contribution in [2.45, 2.75) is 12.8 Å². The third-order valence-corrected chi connectivity index (χ3v) is 1.71. The molecule has 0 aromatic carbocycles. The molecule has 0 spiro atoms. The van der Waals surface area contributed by atoms with Gasteiger partial charge < -0.3 is 5.32 Å². The van der Waals surface area contributed by atoms with Crippen LogP contribution in [0.1, 0.15) is 12.8 Å². The summed E-state index contributed by atoms with van der Waals surface area (Å²) >= 11 is 3.92. The molecule has 0 aliphatic rings. The monoisotopic (exact) mass is 251 g/mol. The number of carbonyl (C=O) groups is 3. The van der Waals surface area contributed by atoms with Crippen LogP contribution in [0.15, 0.2) is 0 Å². The van der Waals surface area contributed by atoms with Crippen molar-refractivity contribution in [1.82, 2.24) is 16.2 Å². The van der Waals surface area contributed by atoms with Crippen LogP contribution in [-0.4, -0.2) is 29.8 Å². The first kappa shape index (κ1) is 14.2. The molecule has 0 radical (unpaired) electrons. The molecule has 3 N–H and O–H groups in total. The van der Waals surface area contributed by atoms with Gasteiger partial charge in [0.15, 0.2) is 0 Å². The number of thiol groups is 1. The van der Waals surface area contributed by atoms with E-state index in [0.717, 1.165) is 0 Å². The van der Waals surface area contributed by atoms with Gasteiger partial charge in [0.2, 0.25) is 11.8 Å². The van der Waals surface area contributed by atoms with Crippen LogP contribution in [0.2, 0.25) is 0 Å². The van der Waals surface area contributed by atoms with Gasteiger partial charge in [0.1, 0.15) is 0 Å². The number of amides is 3. The smallest absolute Gasteiger partial charge is 0.253 e. The van der Waals surface area contributed by atoms with E-state index in [1.807, 2.05) is 9.24 Å². The molecule has 0 bridgehead atoms. The van der Waals surface area contributed by atoms with Crippen molar-refractivity contribution in [1.29, 1.82) is 0 Å². The van der Waals surface area contributed by atoms with Crippen molar-refractivity contribution in [3.05, 3.63) is 0 Å². The zero-order valence-electron chi connectivity index (χ0n) is 8.08. The van der Waals surface area contributed by atoms with Gasteiger partial charge in [-0.1, -0.05) is 0 Å². The molecular weight excluding hydrogens is 237 g/mol. The maximum Gasteiger partial charge on any atom is 0.253 e. The van der Waals surface area contributed by atoms with Crippen molar-refractivity contribution in [2.24, 2.45) is 0 Å². The summed E-state index contributed by atoms with van der Waals surface area (Å²) < 4.78 is 0. The molecule has 0 aromatic heterocycles. The molecular formula is C7H14N3O3PS. The van der Waals surface area contributed by atoms with Crippen LogP contribution in [0.3, 0.4) is 0 Å². The highest BCUT2D eigenvalue weighted by atomic mass is 32.1. The van der Waals surface area contributed by atoms with Gasteiger partial charge in [-0.05, 0) is 9.24 Å². The molecule has 0 saturated heterocycles. The normalized spacial score (nSPS) is 9.20. The molecule has 0 aliphatic carbocycles. The predicted octanol–water partition coefficient (Wildman–Crippen LogP) is -0.572. The van der Waals surface area contributed by atoms with Crippen molar-refractivity contribution in [3.8, 4) is 0 Å². The highest BCUT2D eigenvalue weighted by molar-refractivity contribution is 7.80. The summed E-state index contributed by atoms with van der Waals surface area (Å²) in [4.78, 5) is 32.4. The van der Waals surface area contributed by atoms with Gasteiger partial charge in [0.05, 0.1) is 0 Å². The summed E-state index contributed by atoms with van der Waals surface area (Å²) in [5.41, 5.74) is 3.79. The summed E-state index contributed by atoms with van der Waals surface area (Å²) in [6.07, 6.45) is 0.121. The molecule has 15 heavy (non-hydrogen) atoms. The fourth-order valence-corrected chi connectivity index (χ4v) is 0.889. The van der Waals surface area contributed by atoms with Gasteiger partial charge in [-0.2, -0.15) is 12.6 Å². The van der Waals surface area contributed by atoms with E-state index in [1.165, 1.54) is 0 Å². The Morgan fingerprint density at radius 2 is 1.67 bits per heavy atom. The molecule has 0 saturated carbocycles. The minimum atomic E-state index is -0.442. The van der Waals surface area contributed by atoms with Crippen LogP contribution < -0.4 is 16.2 Å². The van der Waals surface area contributed by atoms with E-state index >= 15 is 0 Å². The summed E-state index contributed by atoms with van der Waals surface area (Å²) in [6.45, 7) is 0.478. The molecule has 0 fully saturated rings. The third-order valence-electron chi connectivity index (χ3n) is 1.34. The van der Waals surface area contributed by atoms with Crippen LogP contribution in [0, 0.1) is 0 Å². The van der Waals surface area contributed by atoms with Gasteiger partial charge in [0.25, 0.3) is 5.65 Å². The van der Waals surface area contributed by atoms with E-state index in [4.69, 9.17) is 0 Å². The summed E-state index contributed by atoms with van der Waals surface area (Å²) in [5, 5.41) is 2.57. The Morgan fingerprint density at radius 3 is 2.20 bits per heavy atom. The average molecular weight is 251 g/mol. The number of hydrogen-bond donors (Lipinski definition) is 4. The average Bonchev–Trinajstić information content (AvgIpc) is 2.20. The minimum absolute atomic E-state index is 0.0311. The predicted molar refractivity (Wildman–Crippen MR) is 62.5 cm³/mol. The lowest BCUT2D eigenvalue weighted by Crippen LogP contribution is -2.39. The maximum absolute atomic E-state index is 11.0. The Hall–Kier alpha value is -0.810. The second-order valence-electron chi connectivity index (χ2n) is 2.61. The van der Waals surface area contributed by atoms with Crippen LogP contribution >= 0.6 is 21.9 Å². The zero-order chi connectivity index (χ0) is 11.7. The lowest BCUT2D eigenvalue weighted by atomic mass is 10.3. The van der Waals surface area contributed by atoms with E-state index < -0.39 is 11.6 Å². The van der Waals surface area contributed by atoms with E-state index in [0.29, 0.717) is 12.3 Å². The number of nitrogens with one attached hydrogen (secondary N) is 3. The molecule has 6 nitrogen and oxygen atoms in total. The van der Waals surface area contributed by atoms with E-state index in [1.54, 1.807) is 0 Å². The first-order valence-electron chi connectivity index (χ1n) is 4.28. The molecule has 8 heteroatoms. The van der Waals surface area contributed by atoms with Crippen LogP contribution in [0.4, 0.5) is 4.79 Å². The fourth-order valence-electron chi connectivity index (χ4n) is 0.705. The molecule has 1 unspecified atom stereocenters. The van der Waals surface area contributed by atoms with Gasteiger partial charge >= 0.3 is 0 Å². The SMILES string of the molecule is O=C(P)NNC(=O)CCC(=O)NCCS. The fraction of sp³-hybridized carbons (Fsp3) is 0.571. The summed E-state index contributed by atoms with van der Waals surface area (Å²) in [7, 11) is 1.85. The molecule has 0 aromatic rings. The lowest BCUT2D eigenvalue weighted by molar-refractivity contribution is -0.126. The number of rotatable bonds is 5. The molecule has 0 rings (SSSR count). The van der Waals surface area contributed by atoms with Crippen molar-refractivity contribution in [3.63, 3.8) is 0 Å². The highest BCUT2D eigenvalue weighted by Gasteiger charge is 2.05. The van der Waals surface area contributed by atoms with Gasteiger partial charge in [-0.15, -0.1) is 0 Å². The summed E-state index contributed by atoms with van der Waals surface area (Å²) in [5.74, 6) is -0.0654. The third kappa shape index (κ3) is 9.49. The Balaban J connectivity index is 3.53. The van der Waals surface area contributed by atoms with Crippen LogP contribution in [0.5, 0.6) is 0 Å². The topological polar surface area (TPSA) is 87.3 Å². The van der Waals surface area contributed by atoms with Gasteiger partial charge in [0, 0.05) is 25.1 Å². The molecule has 1 atom stereocenters. The Kier molecular flexibility index (Phi) is 8.04. The minimum Gasteiger partial charge on any atom is -0.355 e. The quantitative estimate of drug-likeness (QED) is 0.300.